The molecule has 0 atom stereocenters. The van der Waals surface area contributed by atoms with Gasteiger partial charge in [0, 0.05) is 20.2 Å². The first-order valence-corrected chi connectivity index (χ1v) is 7.29. The zero-order valence-electron chi connectivity index (χ0n) is 12.5. The van der Waals surface area contributed by atoms with E-state index in [1.165, 1.54) is 0 Å². The minimum Gasteiger partial charge on any atom is -0.493 e. The van der Waals surface area contributed by atoms with Crippen molar-refractivity contribution in [3.05, 3.63) is 22.7 Å². The first-order chi connectivity index (χ1) is 9.72. The van der Waals surface area contributed by atoms with Crippen LogP contribution in [-0.2, 0) is 11.3 Å². The van der Waals surface area contributed by atoms with Crippen molar-refractivity contribution in [3.8, 4) is 11.5 Å². The van der Waals surface area contributed by atoms with Crippen molar-refractivity contribution >= 4 is 11.6 Å². The maximum Gasteiger partial charge on any atom is 0.179 e. The number of halogens is 1. The van der Waals surface area contributed by atoms with E-state index in [1.807, 2.05) is 12.1 Å². The summed E-state index contributed by atoms with van der Waals surface area (Å²) in [5.74, 6) is 1.31. The zero-order chi connectivity index (χ0) is 14.8. The number of benzene rings is 1. The molecule has 0 radical (unpaired) electrons. The van der Waals surface area contributed by atoms with E-state index in [0.29, 0.717) is 36.3 Å². The first-order valence-electron chi connectivity index (χ1n) is 6.91. The van der Waals surface area contributed by atoms with E-state index >= 15 is 0 Å². The number of hydrogen-bond donors (Lipinski definition) is 1. The van der Waals surface area contributed by atoms with Crippen LogP contribution in [0.2, 0.25) is 5.02 Å². The van der Waals surface area contributed by atoms with Crippen LogP contribution < -0.4 is 14.8 Å². The summed E-state index contributed by atoms with van der Waals surface area (Å²) in [6.45, 7) is 4.97. The van der Waals surface area contributed by atoms with Crippen LogP contribution in [-0.4, -0.2) is 34.0 Å². The van der Waals surface area contributed by atoms with Crippen molar-refractivity contribution in [1.29, 1.82) is 0 Å². The van der Waals surface area contributed by atoms with Crippen LogP contribution in [0, 0.1) is 0 Å². The molecule has 4 nitrogen and oxygen atoms in total. The standard InChI is InChI=1S/C15H24ClNO3/c1-4-5-7-20-15-13(16)9-12(10-14(15)19-3)11-17-6-8-18-2/h9-10,17H,4-8,11H2,1-3H3. The lowest BCUT2D eigenvalue weighted by Gasteiger charge is -2.14. The topological polar surface area (TPSA) is 39.7 Å². The van der Waals surface area contributed by atoms with Gasteiger partial charge in [0.25, 0.3) is 0 Å². The van der Waals surface area contributed by atoms with Gasteiger partial charge in [-0.2, -0.15) is 0 Å². The Morgan fingerprint density at radius 2 is 2.00 bits per heavy atom. The minimum atomic E-state index is 0.587. The summed E-state index contributed by atoms with van der Waals surface area (Å²) in [6, 6.07) is 3.86. The monoisotopic (exact) mass is 301 g/mol. The normalized spacial score (nSPS) is 10.6. The van der Waals surface area contributed by atoms with Crippen LogP contribution in [0.25, 0.3) is 0 Å². The van der Waals surface area contributed by atoms with Gasteiger partial charge in [-0.1, -0.05) is 24.9 Å². The van der Waals surface area contributed by atoms with Crippen molar-refractivity contribution in [3.63, 3.8) is 0 Å². The van der Waals surface area contributed by atoms with E-state index in [0.717, 1.165) is 24.9 Å². The number of hydrogen-bond acceptors (Lipinski definition) is 4. The number of nitrogens with one attached hydrogen (secondary N) is 1. The van der Waals surface area contributed by atoms with Crippen molar-refractivity contribution in [2.45, 2.75) is 26.3 Å². The predicted octanol–water partition coefficient (Wildman–Crippen LogP) is 3.26. The molecule has 114 valence electrons. The average molecular weight is 302 g/mol. The maximum atomic E-state index is 6.27. The van der Waals surface area contributed by atoms with Gasteiger partial charge < -0.3 is 19.5 Å². The molecule has 0 aliphatic heterocycles. The fraction of sp³-hybridized carbons (Fsp3) is 0.600. The molecule has 1 N–H and O–H groups in total. The molecule has 0 fully saturated rings. The third kappa shape index (κ3) is 5.57. The predicted molar refractivity (Wildman–Crippen MR) is 82.0 cm³/mol. The van der Waals surface area contributed by atoms with Crippen molar-refractivity contribution in [2.75, 3.05) is 34.0 Å². The van der Waals surface area contributed by atoms with Crippen LogP contribution in [0.5, 0.6) is 11.5 Å². The SMILES string of the molecule is CCCCOc1c(Cl)cc(CNCCOC)cc1OC. The highest BCUT2D eigenvalue weighted by atomic mass is 35.5. The van der Waals surface area contributed by atoms with Crippen molar-refractivity contribution in [1.82, 2.24) is 5.32 Å². The highest BCUT2D eigenvalue weighted by Gasteiger charge is 2.11. The second kappa shape index (κ2) is 9.86. The summed E-state index contributed by atoms with van der Waals surface area (Å²) >= 11 is 6.27. The zero-order valence-corrected chi connectivity index (χ0v) is 13.3. The molecule has 0 aliphatic rings. The van der Waals surface area contributed by atoms with E-state index in [2.05, 4.69) is 12.2 Å². The minimum absolute atomic E-state index is 0.587. The summed E-state index contributed by atoms with van der Waals surface area (Å²) in [4.78, 5) is 0. The Labute approximate surface area is 126 Å². The van der Waals surface area contributed by atoms with Gasteiger partial charge in [0.2, 0.25) is 0 Å². The Kier molecular flexibility index (Phi) is 8.42. The molecule has 0 aliphatic carbocycles. The molecule has 5 heteroatoms. The van der Waals surface area contributed by atoms with Gasteiger partial charge in [0.1, 0.15) is 0 Å². The van der Waals surface area contributed by atoms with Gasteiger partial charge in [-0.15, -0.1) is 0 Å². The Morgan fingerprint density at radius 1 is 1.20 bits per heavy atom. The number of unbranched alkanes of at least 4 members (excludes halogenated alkanes) is 1. The fourth-order valence-corrected chi connectivity index (χ4v) is 2.03. The second-order valence-electron chi connectivity index (χ2n) is 4.48. The highest BCUT2D eigenvalue weighted by molar-refractivity contribution is 6.32. The molecule has 0 heterocycles. The Bertz CT molecular complexity index is 399. The van der Waals surface area contributed by atoms with Gasteiger partial charge in [-0.3, -0.25) is 0 Å². The van der Waals surface area contributed by atoms with E-state index in [9.17, 15) is 0 Å². The average Bonchev–Trinajstić information content (AvgIpc) is 2.45. The number of methoxy groups -OCH3 is 2. The van der Waals surface area contributed by atoms with Crippen molar-refractivity contribution in [2.24, 2.45) is 0 Å². The molecule has 1 rings (SSSR count). The Hall–Kier alpha value is -0.970. The number of rotatable bonds is 10. The second-order valence-corrected chi connectivity index (χ2v) is 4.89. The lowest BCUT2D eigenvalue weighted by Crippen LogP contribution is -2.18. The molecule has 1 aromatic rings. The third-order valence-corrected chi connectivity index (χ3v) is 3.13. The summed E-state index contributed by atoms with van der Waals surface area (Å²) in [6.07, 6.45) is 2.08. The molecular weight excluding hydrogens is 278 g/mol. The molecule has 0 spiro atoms. The van der Waals surface area contributed by atoms with Crippen LogP contribution >= 0.6 is 11.6 Å². The summed E-state index contributed by atoms with van der Waals surface area (Å²) < 4.78 is 16.1. The molecule has 0 saturated carbocycles. The number of ether oxygens (including phenoxy) is 3. The largest absolute Gasteiger partial charge is 0.493 e. The van der Waals surface area contributed by atoms with Crippen molar-refractivity contribution < 1.29 is 14.2 Å². The van der Waals surface area contributed by atoms with Crippen LogP contribution in [0.1, 0.15) is 25.3 Å². The molecule has 0 aromatic heterocycles. The Morgan fingerprint density at radius 3 is 2.65 bits per heavy atom. The quantitative estimate of drug-likeness (QED) is 0.673. The van der Waals surface area contributed by atoms with Gasteiger partial charge in [-0.05, 0) is 24.1 Å². The summed E-state index contributed by atoms with van der Waals surface area (Å²) in [7, 11) is 3.31. The molecular formula is C15H24ClNO3. The van der Waals surface area contributed by atoms with Gasteiger partial charge in [0.15, 0.2) is 11.5 Å². The molecule has 0 saturated heterocycles. The molecule has 20 heavy (non-hydrogen) atoms. The smallest absolute Gasteiger partial charge is 0.179 e. The fourth-order valence-electron chi connectivity index (χ4n) is 1.74. The van der Waals surface area contributed by atoms with Gasteiger partial charge in [0.05, 0.1) is 25.3 Å². The molecule has 0 bridgehead atoms. The Balaban J connectivity index is 2.68. The third-order valence-electron chi connectivity index (χ3n) is 2.85. The van der Waals surface area contributed by atoms with Crippen LogP contribution in [0.4, 0.5) is 0 Å². The van der Waals surface area contributed by atoms with Gasteiger partial charge >= 0.3 is 0 Å². The maximum absolute atomic E-state index is 6.27. The van der Waals surface area contributed by atoms with E-state index in [1.54, 1.807) is 14.2 Å². The van der Waals surface area contributed by atoms with Crippen LogP contribution in [0.15, 0.2) is 12.1 Å². The van der Waals surface area contributed by atoms with E-state index in [-0.39, 0.29) is 0 Å². The van der Waals surface area contributed by atoms with E-state index < -0.39 is 0 Å². The van der Waals surface area contributed by atoms with Gasteiger partial charge in [-0.25, -0.2) is 0 Å². The first kappa shape index (κ1) is 17.1. The van der Waals surface area contributed by atoms with Crippen LogP contribution in [0.3, 0.4) is 0 Å². The highest BCUT2D eigenvalue weighted by Crippen LogP contribution is 2.36. The molecule has 1 aromatic carbocycles. The lowest BCUT2D eigenvalue weighted by molar-refractivity contribution is 0.199. The lowest BCUT2D eigenvalue weighted by atomic mass is 10.2. The summed E-state index contributed by atoms with van der Waals surface area (Å²) in [5, 5.41) is 3.86. The van der Waals surface area contributed by atoms with E-state index in [4.69, 9.17) is 25.8 Å². The molecule has 0 unspecified atom stereocenters. The molecule has 0 amide bonds. The summed E-state index contributed by atoms with van der Waals surface area (Å²) in [5.41, 5.74) is 1.06.